The molecule has 0 aliphatic carbocycles. The topological polar surface area (TPSA) is 157 Å². The van der Waals surface area contributed by atoms with Crippen LogP contribution >= 0.6 is 0 Å². The molecule has 4 N–H and O–H groups in total. The van der Waals surface area contributed by atoms with Gasteiger partial charge in [-0.3, -0.25) is 4.79 Å². The maximum atomic E-state index is 13.6. The van der Waals surface area contributed by atoms with E-state index < -0.39 is 24.1 Å². The molecule has 248 valence electrons. The molecule has 0 saturated carbocycles. The number of ether oxygens (including phenoxy) is 2. The summed E-state index contributed by atoms with van der Waals surface area (Å²) in [7, 11) is 0. The van der Waals surface area contributed by atoms with E-state index in [1.54, 1.807) is 12.1 Å². The molecule has 2 aliphatic rings. The molecule has 4 rings (SSSR count). The predicted octanol–water partition coefficient (Wildman–Crippen LogP) is 2.95. The first kappa shape index (κ1) is 35.9. The molecule has 0 spiro atoms. The number of amides is 1. The summed E-state index contributed by atoms with van der Waals surface area (Å²) in [5, 5.41) is 32.5. The van der Waals surface area contributed by atoms with Gasteiger partial charge >= 0.3 is 11.9 Å². The SMILES string of the molecule is CC(C)COc1ccc(CC(=O)N(Cc2ccc(F)cc2)C2CCN(C3CCOCC3)CC2)cc1.O=C(O)C(O)C(O)C(=O)O. The summed E-state index contributed by atoms with van der Waals surface area (Å²) < 4.78 is 24.8. The molecule has 2 saturated heterocycles. The molecule has 11 nitrogen and oxygen atoms in total. The van der Waals surface area contributed by atoms with Crippen LogP contribution < -0.4 is 4.74 Å². The largest absolute Gasteiger partial charge is 0.493 e. The second-order valence-corrected chi connectivity index (χ2v) is 11.9. The number of aliphatic carboxylic acids is 2. The van der Waals surface area contributed by atoms with Crippen LogP contribution in [0.3, 0.4) is 0 Å². The van der Waals surface area contributed by atoms with Crippen LogP contribution in [0, 0.1) is 11.7 Å². The molecule has 12 heteroatoms. The van der Waals surface area contributed by atoms with Gasteiger partial charge in [0.15, 0.2) is 12.2 Å². The summed E-state index contributed by atoms with van der Waals surface area (Å²) in [6.07, 6.45) is -0.0563. The Morgan fingerprint density at radius 3 is 1.93 bits per heavy atom. The highest BCUT2D eigenvalue weighted by Gasteiger charge is 2.32. The lowest BCUT2D eigenvalue weighted by atomic mass is 9.97. The van der Waals surface area contributed by atoms with Crippen LogP contribution in [0.15, 0.2) is 48.5 Å². The molecule has 45 heavy (non-hydrogen) atoms. The Morgan fingerprint density at radius 1 is 0.889 bits per heavy atom. The van der Waals surface area contributed by atoms with Crippen LogP contribution in [0.1, 0.15) is 50.7 Å². The van der Waals surface area contributed by atoms with Crippen LogP contribution in [-0.2, 0) is 32.1 Å². The van der Waals surface area contributed by atoms with Gasteiger partial charge in [-0.05, 0) is 67.0 Å². The molecule has 2 aliphatic heterocycles. The summed E-state index contributed by atoms with van der Waals surface area (Å²) in [4.78, 5) is 37.7. The fourth-order valence-corrected chi connectivity index (χ4v) is 5.33. The van der Waals surface area contributed by atoms with Gasteiger partial charge in [0, 0.05) is 44.9 Å². The van der Waals surface area contributed by atoms with Crippen LogP contribution in [0.25, 0.3) is 0 Å². The van der Waals surface area contributed by atoms with E-state index in [2.05, 4.69) is 18.7 Å². The zero-order chi connectivity index (χ0) is 32.9. The van der Waals surface area contributed by atoms with Crippen molar-refractivity contribution in [2.24, 2.45) is 5.92 Å². The van der Waals surface area contributed by atoms with E-state index in [-0.39, 0.29) is 17.8 Å². The minimum absolute atomic E-state index is 0.120. The third-order valence-electron chi connectivity index (χ3n) is 7.90. The molecular formula is C33H45FN2O9. The summed E-state index contributed by atoms with van der Waals surface area (Å²) in [6.45, 7) is 9.14. The maximum Gasteiger partial charge on any atom is 0.335 e. The molecule has 2 aromatic carbocycles. The zero-order valence-electron chi connectivity index (χ0n) is 25.9. The highest BCUT2D eigenvalue weighted by molar-refractivity contribution is 5.83. The number of benzene rings is 2. The van der Waals surface area contributed by atoms with Crippen molar-refractivity contribution in [1.29, 1.82) is 0 Å². The van der Waals surface area contributed by atoms with E-state index in [0.717, 1.165) is 68.9 Å². The number of carbonyl (C=O) groups is 3. The van der Waals surface area contributed by atoms with E-state index in [1.165, 1.54) is 12.1 Å². The van der Waals surface area contributed by atoms with Gasteiger partial charge in [0.2, 0.25) is 5.91 Å². The Labute approximate surface area is 263 Å². The number of hydrogen-bond acceptors (Lipinski definition) is 8. The first-order valence-electron chi connectivity index (χ1n) is 15.3. The number of halogens is 1. The lowest BCUT2D eigenvalue weighted by Crippen LogP contribution is -2.50. The van der Waals surface area contributed by atoms with E-state index >= 15 is 0 Å². The molecule has 0 aromatic heterocycles. The van der Waals surface area contributed by atoms with Crippen molar-refractivity contribution in [3.8, 4) is 5.75 Å². The maximum absolute atomic E-state index is 13.6. The van der Waals surface area contributed by atoms with E-state index in [9.17, 15) is 18.8 Å². The number of nitrogens with zero attached hydrogens (tertiary/aromatic N) is 2. The number of likely N-dealkylation sites (tertiary alicyclic amines) is 1. The van der Waals surface area contributed by atoms with Crippen molar-refractivity contribution < 1.29 is 48.7 Å². The first-order chi connectivity index (χ1) is 21.4. The lowest BCUT2D eigenvalue weighted by Gasteiger charge is -2.42. The third kappa shape index (κ3) is 11.7. The summed E-state index contributed by atoms with van der Waals surface area (Å²) in [5.41, 5.74) is 1.94. The van der Waals surface area contributed by atoms with Crippen molar-refractivity contribution in [2.45, 2.75) is 76.8 Å². The number of hydrogen-bond donors (Lipinski definition) is 4. The van der Waals surface area contributed by atoms with Crippen LogP contribution in [-0.4, -0.2) is 105 Å². The standard InChI is InChI=1S/C29H39FN2O3.C4H6O6/c1-22(2)21-35-28-9-5-23(6-10-28)19-29(33)32(20-24-3-7-25(30)8-4-24)27-11-15-31(16-12-27)26-13-17-34-18-14-26;5-1(3(7)8)2(6)4(9)10/h3-10,22,26-27H,11-21H2,1-2H3;1-2,5-6H,(H,7,8)(H,9,10). The van der Waals surface area contributed by atoms with Crippen molar-refractivity contribution in [3.63, 3.8) is 0 Å². The van der Waals surface area contributed by atoms with Crippen LogP contribution in [0.2, 0.25) is 0 Å². The van der Waals surface area contributed by atoms with Gasteiger partial charge in [-0.2, -0.15) is 0 Å². The number of aliphatic hydroxyl groups is 2. The van der Waals surface area contributed by atoms with Gasteiger partial charge in [0.25, 0.3) is 0 Å². The normalized spacial score (nSPS) is 17.6. The number of carboxylic acids is 2. The highest BCUT2D eigenvalue weighted by atomic mass is 19.1. The number of carboxylic acid groups (broad SMARTS) is 2. The van der Waals surface area contributed by atoms with Crippen molar-refractivity contribution in [2.75, 3.05) is 32.9 Å². The van der Waals surface area contributed by atoms with Crippen molar-refractivity contribution in [3.05, 3.63) is 65.5 Å². The molecule has 2 aromatic rings. The lowest BCUT2D eigenvalue weighted by molar-refractivity contribution is -0.165. The molecular weight excluding hydrogens is 587 g/mol. The molecule has 2 unspecified atom stereocenters. The van der Waals surface area contributed by atoms with E-state index in [1.807, 2.05) is 29.2 Å². The molecule has 0 radical (unpaired) electrons. The molecule has 1 amide bonds. The van der Waals surface area contributed by atoms with Gasteiger partial charge in [-0.15, -0.1) is 0 Å². The molecule has 2 atom stereocenters. The summed E-state index contributed by atoms with van der Waals surface area (Å²) in [5.74, 6) is -2.37. The van der Waals surface area contributed by atoms with Gasteiger partial charge < -0.3 is 39.7 Å². The number of piperidine rings is 1. The Bertz CT molecular complexity index is 1190. The Kier molecular flexibility index (Phi) is 14.2. The van der Waals surface area contributed by atoms with Crippen molar-refractivity contribution >= 4 is 17.8 Å². The Hall–Kier alpha value is -3.58. The molecule has 2 heterocycles. The second kappa shape index (κ2) is 17.8. The number of carbonyl (C=O) groups excluding carboxylic acids is 1. The van der Waals surface area contributed by atoms with E-state index in [0.29, 0.717) is 31.5 Å². The smallest absolute Gasteiger partial charge is 0.335 e. The van der Waals surface area contributed by atoms with Gasteiger partial charge in [0.1, 0.15) is 11.6 Å². The molecule has 0 bridgehead atoms. The minimum Gasteiger partial charge on any atom is -0.493 e. The van der Waals surface area contributed by atoms with Gasteiger partial charge in [-0.25, -0.2) is 14.0 Å². The first-order valence-corrected chi connectivity index (χ1v) is 15.3. The van der Waals surface area contributed by atoms with Gasteiger partial charge in [-0.1, -0.05) is 38.1 Å². The Balaban J connectivity index is 0.000000477. The zero-order valence-corrected chi connectivity index (χ0v) is 25.9. The summed E-state index contributed by atoms with van der Waals surface area (Å²) >= 11 is 0. The number of rotatable bonds is 12. The predicted molar refractivity (Wildman–Crippen MR) is 163 cm³/mol. The van der Waals surface area contributed by atoms with Crippen LogP contribution in [0.4, 0.5) is 4.39 Å². The minimum atomic E-state index is -2.27. The quantitative estimate of drug-likeness (QED) is 0.274. The monoisotopic (exact) mass is 632 g/mol. The Morgan fingerprint density at radius 2 is 1.42 bits per heavy atom. The second-order valence-electron chi connectivity index (χ2n) is 11.9. The fourth-order valence-electron chi connectivity index (χ4n) is 5.33. The number of aliphatic hydroxyl groups excluding tert-OH is 2. The third-order valence-corrected chi connectivity index (χ3v) is 7.90. The fraction of sp³-hybridized carbons (Fsp3) is 0.545. The van der Waals surface area contributed by atoms with Crippen molar-refractivity contribution in [1.82, 2.24) is 9.80 Å². The molecule has 2 fully saturated rings. The highest BCUT2D eigenvalue weighted by Crippen LogP contribution is 2.25. The van der Waals surface area contributed by atoms with E-state index in [4.69, 9.17) is 29.9 Å². The average molecular weight is 633 g/mol. The average Bonchev–Trinajstić information content (AvgIpc) is 3.04. The van der Waals surface area contributed by atoms with Gasteiger partial charge in [0.05, 0.1) is 13.0 Å². The summed E-state index contributed by atoms with van der Waals surface area (Å²) in [6, 6.07) is 15.2. The van der Waals surface area contributed by atoms with Crippen LogP contribution in [0.5, 0.6) is 5.75 Å².